The Kier molecular flexibility index (Phi) is 4.58. The number of carbonyl (C=O) groups excluding carboxylic acids is 1. The maximum Gasteiger partial charge on any atom is 0.220 e. The van der Waals surface area contributed by atoms with Crippen LogP contribution in [0, 0.1) is 5.92 Å². The summed E-state index contributed by atoms with van der Waals surface area (Å²) in [5.74, 6) is 0.141. The molecule has 2 rings (SSSR count). The Hall–Kier alpha value is -1.81. The van der Waals surface area contributed by atoms with Crippen LogP contribution in [0.2, 0.25) is 0 Å². The van der Waals surface area contributed by atoms with Crippen LogP contribution in [-0.2, 0) is 11.2 Å². The van der Waals surface area contributed by atoms with Gasteiger partial charge < -0.3 is 15.4 Å². The molecule has 1 unspecified atom stereocenters. The Morgan fingerprint density at radius 1 is 1.42 bits per heavy atom. The number of nitrogens with one attached hydrogen (secondary N) is 2. The van der Waals surface area contributed by atoms with E-state index in [9.17, 15) is 4.79 Å². The van der Waals surface area contributed by atoms with Crippen molar-refractivity contribution in [2.24, 2.45) is 5.92 Å². The topological polar surface area (TPSA) is 65.1 Å². The second kappa shape index (κ2) is 6.38. The molecule has 1 aromatic heterocycles. The first-order chi connectivity index (χ1) is 9.20. The lowest BCUT2D eigenvalue weighted by Gasteiger charge is -2.09. The van der Waals surface area contributed by atoms with Gasteiger partial charge in [0.05, 0.1) is 0 Å². The second-order valence-electron chi connectivity index (χ2n) is 4.95. The first-order valence-corrected chi connectivity index (χ1v) is 6.63. The van der Waals surface area contributed by atoms with Gasteiger partial charge in [-0.3, -0.25) is 4.79 Å². The maximum atomic E-state index is 11.7. The van der Waals surface area contributed by atoms with Crippen LogP contribution in [0.15, 0.2) is 30.5 Å². The largest absolute Gasteiger partial charge is 0.396 e. The number of hydrogen-bond donors (Lipinski definition) is 3. The van der Waals surface area contributed by atoms with Crippen molar-refractivity contribution in [2.45, 2.75) is 19.8 Å². The Labute approximate surface area is 112 Å². The number of aliphatic hydroxyl groups excluding tert-OH is 1. The van der Waals surface area contributed by atoms with Crippen molar-refractivity contribution in [3.8, 4) is 0 Å². The van der Waals surface area contributed by atoms with E-state index in [2.05, 4.69) is 16.4 Å². The second-order valence-corrected chi connectivity index (χ2v) is 4.95. The van der Waals surface area contributed by atoms with Crippen molar-refractivity contribution >= 4 is 16.8 Å². The summed E-state index contributed by atoms with van der Waals surface area (Å²) in [6.07, 6.45) is 3.16. The number of aryl methyl sites for hydroxylation is 1. The summed E-state index contributed by atoms with van der Waals surface area (Å²) in [5, 5.41) is 12.9. The molecule has 1 atom stereocenters. The molecule has 0 aliphatic rings. The third-order valence-electron chi connectivity index (χ3n) is 3.26. The minimum absolute atomic E-state index is 0.0329. The van der Waals surface area contributed by atoms with E-state index in [4.69, 9.17) is 5.11 Å². The highest BCUT2D eigenvalue weighted by molar-refractivity contribution is 5.84. The minimum Gasteiger partial charge on any atom is -0.396 e. The van der Waals surface area contributed by atoms with Crippen molar-refractivity contribution in [2.75, 3.05) is 13.2 Å². The number of aromatic amines is 1. The normalized spacial score (nSPS) is 12.5. The molecule has 19 heavy (non-hydrogen) atoms. The van der Waals surface area contributed by atoms with Gasteiger partial charge in [-0.15, -0.1) is 0 Å². The molecule has 4 heteroatoms. The van der Waals surface area contributed by atoms with Gasteiger partial charge in [0.1, 0.15) is 0 Å². The Balaban J connectivity index is 1.87. The number of fused-ring (bicyclic) bond motifs is 1. The molecule has 0 aliphatic heterocycles. The van der Waals surface area contributed by atoms with Gasteiger partial charge in [0.15, 0.2) is 0 Å². The Morgan fingerprint density at radius 3 is 3.00 bits per heavy atom. The molecule has 0 spiro atoms. The summed E-state index contributed by atoms with van der Waals surface area (Å²) in [6.45, 7) is 2.53. The van der Waals surface area contributed by atoms with Crippen LogP contribution >= 0.6 is 0 Å². The summed E-state index contributed by atoms with van der Waals surface area (Å²) < 4.78 is 0. The van der Waals surface area contributed by atoms with E-state index in [0.29, 0.717) is 13.0 Å². The fourth-order valence-corrected chi connectivity index (χ4v) is 2.03. The van der Waals surface area contributed by atoms with Gasteiger partial charge >= 0.3 is 0 Å². The monoisotopic (exact) mass is 260 g/mol. The van der Waals surface area contributed by atoms with Gasteiger partial charge in [-0.1, -0.05) is 25.1 Å². The molecule has 3 N–H and O–H groups in total. The molecular weight excluding hydrogens is 240 g/mol. The third kappa shape index (κ3) is 3.58. The molecule has 1 heterocycles. The average Bonchev–Trinajstić information content (AvgIpc) is 2.85. The van der Waals surface area contributed by atoms with Gasteiger partial charge in [-0.2, -0.15) is 0 Å². The molecule has 4 nitrogen and oxygen atoms in total. The van der Waals surface area contributed by atoms with Crippen LogP contribution in [0.25, 0.3) is 10.9 Å². The first-order valence-electron chi connectivity index (χ1n) is 6.63. The van der Waals surface area contributed by atoms with E-state index in [1.807, 2.05) is 31.3 Å². The summed E-state index contributed by atoms with van der Waals surface area (Å²) >= 11 is 0. The van der Waals surface area contributed by atoms with Crippen molar-refractivity contribution in [3.63, 3.8) is 0 Å². The number of rotatable bonds is 6. The smallest absolute Gasteiger partial charge is 0.220 e. The van der Waals surface area contributed by atoms with Crippen molar-refractivity contribution in [1.82, 2.24) is 10.3 Å². The third-order valence-corrected chi connectivity index (χ3v) is 3.26. The van der Waals surface area contributed by atoms with Crippen LogP contribution in [0.5, 0.6) is 0 Å². The van der Waals surface area contributed by atoms with E-state index >= 15 is 0 Å². The molecule has 0 fully saturated rings. The van der Waals surface area contributed by atoms with Crippen LogP contribution in [-0.4, -0.2) is 29.1 Å². The molecular formula is C15H20N2O2. The lowest BCUT2D eigenvalue weighted by molar-refractivity contribution is -0.121. The number of para-hydroxylation sites is 1. The van der Waals surface area contributed by atoms with Crippen LogP contribution in [0.3, 0.4) is 0 Å². The van der Waals surface area contributed by atoms with Crippen LogP contribution in [0.1, 0.15) is 18.9 Å². The maximum absolute atomic E-state index is 11.7. The molecule has 0 bridgehead atoms. The van der Waals surface area contributed by atoms with E-state index in [-0.39, 0.29) is 18.4 Å². The lowest BCUT2D eigenvalue weighted by Crippen LogP contribution is -2.29. The highest BCUT2D eigenvalue weighted by atomic mass is 16.3. The fourth-order valence-electron chi connectivity index (χ4n) is 2.03. The summed E-state index contributed by atoms with van der Waals surface area (Å²) in [7, 11) is 0. The highest BCUT2D eigenvalue weighted by Crippen LogP contribution is 2.18. The summed E-state index contributed by atoms with van der Waals surface area (Å²) in [5.41, 5.74) is 2.27. The zero-order valence-electron chi connectivity index (χ0n) is 11.1. The molecule has 0 saturated carbocycles. The summed E-state index contributed by atoms with van der Waals surface area (Å²) in [4.78, 5) is 14.9. The van der Waals surface area contributed by atoms with Gasteiger partial charge in [0.25, 0.3) is 0 Å². The van der Waals surface area contributed by atoms with Crippen LogP contribution in [0.4, 0.5) is 0 Å². The fraction of sp³-hybridized carbons (Fsp3) is 0.400. The van der Waals surface area contributed by atoms with Gasteiger partial charge in [-0.05, 0) is 24.0 Å². The van der Waals surface area contributed by atoms with Gasteiger partial charge in [-0.25, -0.2) is 0 Å². The quantitative estimate of drug-likeness (QED) is 0.742. The van der Waals surface area contributed by atoms with E-state index in [0.717, 1.165) is 11.9 Å². The number of aromatic nitrogens is 1. The van der Waals surface area contributed by atoms with Crippen molar-refractivity contribution in [1.29, 1.82) is 0 Å². The minimum atomic E-state index is 0.0329. The number of carbonyl (C=O) groups is 1. The number of aliphatic hydroxyl groups is 1. The zero-order chi connectivity index (χ0) is 13.7. The summed E-state index contributed by atoms with van der Waals surface area (Å²) in [6, 6.07) is 8.09. The number of H-pyrrole nitrogens is 1. The molecule has 1 amide bonds. The lowest BCUT2D eigenvalue weighted by atomic mass is 10.1. The standard InChI is InChI=1S/C15H20N2O2/c1-11(10-18)8-17-15(19)7-6-12-9-16-14-5-3-2-4-13(12)14/h2-5,9,11,16,18H,6-8,10H2,1H3,(H,17,19). The molecule has 2 aromatic rings. The highest BCUT2D eigenvalue weighted by Gasteiger charge is 2.07. The van der Waals surface area contributed by atoms with Crippen LogP contribution < -0.4 is 5.32 Å². The van der Waals surface area contributed by atoms with E-state index < -0.39 is 0 Å². The molecule has 102 valence electrons. The van der Waals surface area contributed by atoms with E-state index in [1.165, 1.54) is 10.9 Å². The van der Waals surface area contributed by atoms with Crippen molar-refractivity contribution in [3.05, 3.63) is 36.0 Å². The number of amides is 1. The van der Waals surface area contributed by atoms with Crippen molar-refractivity contribution < 1.29 is 9.90 Å². The number of hydrogen-bond acceptors (Lipinski definition) is 2. The van der Waals surface area contributed by atoms with E-state index in [1.54, 1.807) is 0 Å². The average molecular weight is 260 g/mol. The van der Waals surface area contributed by atoms with Gasteiger partial charge in [0.2, 0.25) is 5.91 Å². The Bertz CT molecular complexity index is 548. The first kappa shape index (κ1) is 13.6. The Morgan fingerprint density at radius 2 is 2.21 bits per heavy atom. The molecule has 1 aromatic carbocycles. The predicted octanol–water partition coefficient (Wildman–Crippen LogP) is 1.85. The SMILES string of the molecule is CC(CO)CNC(=O)CCc1c[nH]c2ccccc12. The van der Waals surface area contributed by atoms with Gasteiger partial charge in [0, 0.05) is 36.7 Å². The molecule has 0 radical (unpaired) electrons. The molecule has 0 aliphatic carbocycles. The zero-order valence-corrected chi connectivity index (χ0v) is 11.1. The number of benzene rings is 1. The molecule has 0 saturated heterocycles. The predicted molar refractivity (Wildman–Crippen MR) is 75.9 cm³/mol.